The lowest BCUT2D eigenvalue weighted by Crippen LogP contribution is -2.39. The minimum atomic E-state index is -0.680. The number of para-hydroxylation sites is 1. The first-order valence-corrected chi connectivity index (χ1v) is 7.69. The van der Waals surface area contributed by atoms with E-state index < -0.39 is 5.91 Å². The van der Waals surface area contributed by atoms with Crippen molar-refractivity contribution in [1.82, 2.24) is 20.8 Å². The summed E-state index contributed by atoms with van der Waals surface area (Å²) in [5, 5.41) is 11.3. The summed E-state index contributed by atoms with van der Waals surface area (Å²) >= 11 is 0. The van der Waals surface area contributed by atoms with E-state index in [4.69, 9.17) is 4.52 Å². The third-order valence-corrected chi connectivity index (χ3v) is 2.90. The molecule has 25 heavy (non-hydrogen) atoms. The van der Waals surface area contributed by atoms with Crippen LogP contribution in [0.25, 0.3) is 0 Å². The van der Waals surface area contributed by atoms with E-state index in [0.717, 1.165) is 0 Å². The molecule has 0 atom stereocenters. The Bertz CT molecular complexity index is 742. The SMILES string of the molecule is CC(C)NC(=O)CNC(=O)c1nc(CC(=O)Nc2ccccc2)no1. The molecule has 0 saturated carbocycles. The van der Waals surface area contributed by atoms with Crippen molar-refractivity contribution in [3.8, 4) is 0 Å². The van der Waals surface area contributed by atoms with Gasteiger partial charge in [-0.2, -0.15) is 4.98 Å². The lowest BCUT2D eigenvalue weighted by Gasteiger charge is -2.07. The van der Waals surface area contributed by atoms with Crippen LogP contribution >= 0.6 is 0 Å². The van der Waals surface area contributed by atoms with E-state index in [1.807, 2.05) is 19.9 Å². The number of rotatable bonds is 7. The average molecular weight is 345 g/mol. The Morgan fingerprint density at radius 2 is 1.84 bits per heavy atom. The highest BCUT2D eigenvalue weighted by Gasteiger charge is 2.17. The fourth-order valence-corrected chi connectivity index (χ4v) is 1.90. The average Bonchev–Trinajstić information content (AvgIpc) is 3.01. The number of carbonyl (C=O) groups is 3. The van der Waals surface area contributed by atoms with Crippen LogP contribution in [0.4, 0.5) is 5.69 Å². The Hall–Kier alpha value is -3.23. The summed E-state index contributed by atoms with van der Waals surface area (Å²) in [5.41, 5.74) is 0.644. The maximum Gasteiger partial charge on any atom is 0.315 e. The zero-order valence-electron chi connectivity index (χ0n) is 13.9. The zero-order valence-corrected chi connectivity index (χ0v) is 13.9. The van der Waals surface area contributed by atoms with Gasteiger partial charge in [0.2, 0.25) is 11.8 Å². The molecule has 3 N–H and O–H groups in total. The maximum absolute atomic E-state index is 11.9. The Morgan fingerprint density at radius 3 is 2.52 bits per heavy atom. The van der Waals surface area contributed by atoms with Crippen molar-refractivity contribution in [3.63, 3.8) is 0 Å². The molecule has 0 unspecified atom stereocenters. The molecule has 9 nitrogen and oxygen atoms in total. The third kappa shape index (κ3) is 6.05. The van der Waals surface area contributed by atoms with Crippen LogP contribution in [0.2, 0.25) is 0 Å². The number of hydrogen-bond acceptors (Lipinski definition) is 6. The number of hydrogen-bond donors (Lipinski definition) is 3. The molecular formula is C16H19N5O4. The van der Waals surface area contributed by atoms with Crippen molar-refractivity contribution in [2.45, 2.75) is 26.3 Å². The molecular weight excluding hydrogens is 326 g/mol. The van der Waals surface area contributed by atoms with Crippen LogP contribution in [0.3, 0.4) is 0 Å². The van der Waals surface area contributed by atoms with E-state index in [0.29, 0.717) is 5.69 Å². The van der Waals surface area contributed by atoms with Crippen LogP contribution in [0.1, 0.15) is 30.4 Å². The van der Waals surface area contributed by atoms with Gasteiger partial charge in [0, 0.05) is 11.7 Å². The molecule has 1 aromatic carbocycles. The Kier molecular flexibility index (Phi) is 6.21. The number of nitrogens with one attached hydrogen (secondary N) is 3. The highest BCUT2D eigenvalue weighted by Crippen LogP contribution is 2.06. The van der Waals surface area contributed by atoms with E-state index in [-0.39, 0.29) is 42.5 Å². The molecule has 0 fully saturated rings. The summed E-state index contributed by atoms with van der Waals surface area (Å²) in [6.45, 7) is 3.41. The Morgan fingerprint density at radius 1 is 1.12 bits per heavy atom. The normalized spacial score (nSPS) is 10.4. The molecule has 0 saturated heterocycles. The number of benzene rings is 1. The van der Waals surface area contributed by atoms with Gasteiger partial charge in [-0.1, -0.05) is 23.4 Å². The molecule has 0 spiro atoms. The topological polar surface area (TPSA) is 126 Å². The molecule has 0 aliphatic rings. The van der Waals surface area contributed by atoms with E-state index in [1.165, 1.54) is 0 Å². The van der Waals surface area contributed by atoms with Gasteiger partial charge in [0.1, 0.15) is 0 Å². The van der Waals surface area contributed by atoms with Gasteiger partial charge in [0.15, 0.2) is 5.82 Å². The molecule has 2 rings (SSSR count). The van der Waals surface area contributed by atoms with Crippen molar-refractivity contribution in [2.24, 2.45) is 0 Å². The first-order chi connectivity index (χ1) is 11.9. The van der Waals surface area contributed by atoms with Crippen LogP contribution in [-0.2, 0) is 16.0 Å². The van der Waals surface area contributed by atoms with E-state index in [1.54, 1.807) is 24.3 Å². The lowest BCUT2D eigenvalue weighted by molar-refractivity contribution is -0.120. The number of carbonyl (C=O) groups excluding carboxylic acids is 3. The molecule has 3 amide bonds. The second-order valence-corrected chi connectivity index (χ2v) is 5.51. The van der Waals surface area contributed by atoms with Crippen LogP contribution in [0, 0.1) is 0 Å². The van der Waals surface area contributed by atoms with Crippen molar-refractivity contribution < 1.29 is 18.9 Å². The first-order valence-electron chi connectivity index (χ1n) is 7.69. The molecule has 2 aromatic rings. The van der Waals surface area contributed by atoms with Crippen LogP contribution < -0.4 is 16.0 Å². The van der Waals surface area contributed by atoms with Gasteiger partial charge in [0.25, 0.3) is 0 Å². The number of anilines is 1. The fraction of sp³-hybridized carbons (Fsp3) is 0.312. The third-order valence-electron chi connectivity index (χ3n) is 2.90. The predicted octanol–water partition coefficient (Wildman–Crippen LogP) is 0.505. The van der Waals surface area contributed by atoms with Gasteiger partial charge in [-0.25, -0.2) is 0 Å². The van der Waals surface area contributed by atoms with Crippen molar-refractivity contribution in [3.05, 3.63) is 42.0 Å². The van der Waals surface area contributed by atoms with Crippen LogP contribution in [0.15, 0.2) is 34.9 Å². The molecule has 0 bridgehead atoms. The number of nitrogens with zero attached hydrogens (tertiary/aromatic N) is 2. The smallest absolute Gasteiger partial charge is 0.315 e. The second kappa shape index (κ2) is 8.57. The van der Waals surface area contributed by atoms with Gasteiger partial charge >= 0.3 is 11.8 Å². The van der Waals surface area contributed by atoms with Gasteiger partial charge in [-0.05, 0) is 26.0 Å². The highest BCUT2D eigenvalue weighted by molar-refractivity contribution is 5.93. The minimum absolute atomic E-state index is 0.0254. The first kappa shape index (κ1) is 18.1. The lowest BCUT2D eigenvalue weighted by atomic mass is 10.3. The van der Waals surface area contributed by atoms with Crippen LogP contribution in [0.5, 0.6) is 0 Å². The van der Waals surface area contributed by atoms with Gasteiger partial charge in [0.05, 0.1) is 13.0 Å². The monoisotopic (exact) mass is 345 g/mol. The summed E-state index contributed by atoms with van der Waals surface area (Å²) in [6.07, 6.45) is -0.139. The standard InChI is InChI=1S/C16H19N5O4/c1-10(2)18-14(23)9-17-15(24)16-20-12(21-25-16)8-13(22)19-11-6-4-3-5-7-11/h3-7,10H,8-9H2,1-2H3,(H,17,24)(H,18,23)(H,19,22). The largest absolute Gasteiger partial charge is 0.352 e. The zero-order chi connectivity index (χ0) is 18.2. The van der Waals surface area contributed by atoms with E-state index >= 15 is 0 Å². The molecule has 1 aromatic heterocycles. The fourth-order valence-electron chi connectivity index (χ4n) is 1.90. The summed E-state index contributed by atoms with van der Waals surface area (Å²) in [6, 6.07) is 8.89. The van der Waals surface area contributed by atoms with E-state index in [9.17, 15) is 14.4 Å². The predicted molar refractivity (Wildman–Crippen MR) is 88.7 cm³/mol. The summed E-state index contributed by atoms with van der Waals surface area (Å²) in [5.74, 6) is -1.58. The quantitative estimate of drug-likeness (QED) is 0.671. The van der Waals surface area contributed by atoms with Crippen molar-refractivity contribution in [2.75, 3.05) is 11.9 Å². The summed E-state index contributed by atoms with van der Waals surface area (Å²) in [4.78, 5) is 39.0. The van der Waals surface area contributed by atoms with Gasteiger partial charge < -0.3 is 20.5 Å². The number of aromatic nitrogens is 2. The molecule has 0 aliphatic carbocycles. The maximum atomic E-state index is 11.9. The number of amides is 3. The summed E-state index contributed by atoms with van der Waals surface area (Å²) < 4.78 is 4.81. The van der Waals surface area contributed by atoms with E-state index in [2.05, 4.69) is 26.1 Å². The Balaban J connectivity index is 1.83. The highest BCUT2D eigenvalue weighted by atomic mass is 16.5. The molecule has 1 heterocycles. The molecule has 0 aliphatic heterocycles. The van der Waals surface area contributed by atoms with Crippen LogP contribution in [-0.4, -0.2) is 40.4 Å². The Labute approximate surface area is 144 Å². The molecule has 132 valence electrons. The molecule has 9 heteroatoms. The van der Waals surface area contributed by atoms with Crippen molar-refractivity contribution in [1.29, 1.82) is 0 Å². The minimum Gasteiger partial charge on any atom is -0.352 e. The second-order valence-electron chi connectivity index (χ2n) is 5.51. The molecule has 0 radical (unpaired) electrons. The van der Waals surface area contributed by atoms with Gasteiger partial charge in [-0.15, -0.1) is 0 Å². The van der Waals surface area contributed by atoms with Crippen molar-refractivity contribution >= 4 is 23.4 Å². The summed E-state index contributed by atoms with van der Waals surface area (Å²) in [7, 11) is 0. The van der Waals surface area contributed by atoms with Gasteiger partial charge in [-0.3, -0.25) is 14.4 Å².